The van der Waals surface area contributed by atoms with Crippen LogP contribution in [0, 0.1) is 11.3 Å². The number of aromatic amines is 1. The van der Waals surface area contributed by atoms with Gasteiger partial charge in [0.25, 0.3) is 0 Å². The predicted molar refractivity (Wildman–Crippen MR) is 94.3 cm³/mol. The van der Waals surface area contributed by atoms with E-state index in [-0.39, 0.29) is 0 Å². The van der Waals surface area contributed by atoms with Crippen molar-refractivity contribution in [3.8, 4) is 0 Å². The summed E-state index contributed by atoms with van der Waals surface area (Å²) < 4.78 is 0. The minimum atomic E-state index is 0.383. The van der Waals surface area contributed by atoms with Crippen LogP contribution in [0.2, 0.25) is 0 Å². The molecule has 1 unspecified atom stereocenters. The van der Waals surface area contributed by atoms with E-state index in [1.54, 1.807) is 0 Å². The van der Waals surface area contributed by atoms with Gasteiger partial charge in [0, 0.05) is 35.6 Å². The minimum Gasteiger partial charge on any atom is -0.387 e. The first-order chi connectivity index (χ1) is 11.3. The van der Waals surface area contributed by atoms with Gasteiger partial charge in [0.2, 0.25) is 0 Å². The van der Waals surface area contributed by atoms with Crippen LogP contribution >= 0.6 is 0 Å². The van der Waals surface area contributed by atoms with Gasteiger partial charge in [-0.15, -0.1) is 6.58 Å². The first-order valence-corrected chi connectivity index (χ1v) is 8.19. The lowest BCUT2D eigenvalue weighted by atomic mass is 9.95. The summed E-state index contributed by atoms with van der Waals surface area (Å²) in [7, 11) is 0. The fraction of sp³-hybridized carbons (Fsp3) is 0.389. The average molecular weight is 309 g/mol. The topological polar surface area (TPSA) is 77.5 Å². The van der Waals surface area contributed by atoms with Crippen LogP contribution in [-0.2, 0) is 0 Å². The molecule has 1 saturated carbocycles. The minimum absolute atomic E-state index is 0.383. The van der Waals surface area contributed by atoms with Gasteiger partial charge in [-0.3, -0.25) is 0 Å². The highest BCUT2D eigenvalue weighted by Crippen LogP contribution is 2.29. The molecule has 120 valence electrons. The Morgan fingerprint density at radius 1 is 1.43 bits per heavy atom. The van der Waals surface area contributed by atoms with Gasteiger partial charge in [-0.05, 0) is 31.2 Å². The molecule has 0 bridgehead atoms. The molecule has 3 N–H and O–H groups in total. The van der Waals surface area contributed by atoms with Crippen molar-refractivity contribution in [2.75, 3.05) is 0 Å². The van der Waals surface area contributed by atoms with E-state index in [2.05, 4.69) is 26.8 Å². The van der Waals surface area contributed by atoms with Gasteiger partial charge in [-0.2, -0.15) is 0 Å². The molecule has 1 fully saturated rings. The number of hydrogen-bond acceptors (Lipinski definition) is 4. The lowest BCUT2D eigenvalue weighted by Crippen LogP contribution is -2.31. The zero-order valence-corrected chi connectivity index (χ0v) is 13.3. The number of aromatic nitrogens is 3. The van der Waals surface area contributed by atoms with E-state index in [1.807, 2.05) is 24.5 Å². The van der Waals surface area contributed by atoms with E-state index in [0.29, 0.717) is 12.0 Å². The second-order valence-corrected chi connectivity index (χ2v) is 6.05. The quantitative estimate of drug-likeness (QED) is 0.539. The molecule has 1 aliphatic rings. The Kier molecular flexibility index (Phi) is 4.86. The highest BCUT2D eigenvalue weighted by atomic mass is 14.9. The summed E-state index contributed by atoms with van der Waals surface area (Å²) in [6.07, 6.45) is 14.7. The maximum absolute atomic E-state index is 7.76. The maximum Gasteiger partial charge on any atom is 0.141 e. The Morgan fingerprint density at radius 3 is 3.00 bits per heavy atom. The molecule has 1 aliphatic carbocycles. The number of H-pyrrole nitrogens is 1. The fourth-order valence-corrected chi connectivity index (χ4v) is 3.41. The van der Waals surface area contributed by atoms with Crippen LogP contribution in [0.25, 0.3) is 16.6 Å². The summed E-state index contributed by atoms with van der Waals surface area (Å²) in [5.41, 5.74) is 2.34. The van der Waals surface area contributed by atoms with Crippen molar-refractivity contribution in [1.82, 2.24) is 20.3 Å². The lowest BCUT2D eigenvalue weighted by molar-refractivity contribution is 0.393. The molecule has 3 rings (SSSR count). The van der Waals surface area contributed by atoms with Crippen molar-refractivity contribution in [1.29, 1.82) is 5.41 Å². The number of nitrogens with zero attached hydrogens (tertiary/aromatic N) is 2. The van der Waals surface area contributed by atoms with E-state index in [1.165, 1.54) is 38.2 Å². The molecule has 0 spiro atoms. The highest BCUT2D eigenvalue weighted by Gasteiger charge is 2.23. The molecule has 5 nitrogen and oxygen atoms in total. The SMILES string of the molecule is C=CCC(N/C=C(\C=N)c1ncnc2[nH]ccc12)C1CCCC1. The Bertz CT molecular complexity index is 709. The molecular weight excluding hydrogens is 286 g/mol. The van der Waals surface area contributed by atoms with Crippen molar-refractivity contribution in [3.63, 3.8) is 0 Å². The number of rotatable bonds is 7. The van der Waals surface area contributed by atoms with Crippen LogP contribution in [-0.4, -0.2) is 27.2 Å². The first-order valence-electron chi connectivity index (χ1n) is 8.19. The van der Waals surface area contributed by atoms with Crippen molar-refractivity contribution in [2.24, 2.45) is 5.92 Å². The zero-order chi connectivity index (χ0) is 16.1. The predicted octanol–water partition coefficient (Wildman–Crippen LogP) is 3.67. The van der Waals surface area contributed by atoms with Crippen molar-refractivity contribution < 1.29 is 0 Å². The standard InChI is InChI=1S/C18H23N5/c1-2-5-16(13-6-3-4-7-13)21-11-14(10-19)17-15-8-9-20-18(15)23-12-22-17/h2,8-13,16,19,21H,1,3-7H2,(H,20,22,23)/b14-11+,19-10?. The molecule has 0 aromatic carbocycles. The van der Waals surface area contributed by atoms with E-state index >= 15 is 0 Å². The van der Waals surface area contributed by atoms with Gasteiger partial charge in [0.1, 0.15) is 12.0 Å². The average Bonchev–Trinajstić information content (AvgIpc) is 3.26. The molecule has 0 saturated heterocycles. The summed E-state index contributed by atoms with van der Waals surface area (Å²) in [5.74, 6) is 0.689. The summed E-state index contributed by atoms with van der Waals surface area (Å²) >= 11 is 0. The molecule has 2 aromatic heterocycles. The molecule has 1 atom stereocenters. The number of allylic oxidation sites excluding steroid dienone is 1. The third-order valence-electron chi connectivity index (χ3n) is 4.63. The van der Waals surface area contributed by atoms with Crippen molar-refractivity contribution >= 4 is 22.8 Å². The summed E-state index contributed by atoms with van der Waals surface area (Å²) in [6, 6.07) is 2.33. The van der Waals surface area contributed by atoms with Crippen LogP contribution in [0.15, 0.2) is 37.4 Å². The normalized spacial score (nSPS) is 17.3. The summed E-state index contributed by atoms with van der Waals surface area (Å²) in [5, 5.41) is 12.2. The second kappa shape index (κ2) is 7.22. The Morgan fingerprint density at radius 2 is 2.26 bits per heavy atom. The third-order valence-corrected chi connectivity index (χ3v) is 4.63. The van der Waals surface area contributed by atoms with Gasteiger partial charge >= 0.3 is 0 Å². The molecular formula is C18H23N5. The number of nitrogens with one attached hydrogen (secondary N) is 3. The van der Waals surface area contributed by atoms with Crippen LogP contribution in [0.4, 0.5) is 0 Å². The molecule has 5 heteroatoms. The molecule has 2 aromatic rings. The largest absolute Gasteiger partial charge is 0.387 e. The van der Waals surface area contributed by atoms with E-state index in [4.69, 9.17) is 5.41 Å². The third kappa shape index (κ3) is 3.33. The van der Waals surface area contributed by atoms with Crippen LogP contribution < -0.4 is 5.32 Å². The molecule has 0 amide bonds. The van der Waals surface area contributed by atoms with Crippen LogP contribution in [0.1, 0.15) is 37.8 Å². The van der Waals surface area contributed by atoms with Crippen molar-refractivity contribution in [2.45, 2.75) is 38.1 Å². The number of hydrogen-bond donors (Lipinski definition) is 3. The second-order valence-electron chi connectivity index (χ2n) is 6.05. The fourth-order valence-electron chi connectivity index (χ4n) is 3.41. The van der Waals surface area contributed by atoms with E-state index < -0.39 is 0 Å². The van der Waals surface area contributed by atoms with Crippen molar-refractivity contribution in [3.05, 3.63) is 43.1 Å². The smallest absolute Gasteiger partial charge is 0.141 e. The van der Waals surface area contributed by atoms with E-state index in [9.17, 15) is 0 Å². The van der Waals surface area contributed by atoms with Gasteiger partial charge in [0.05, 0.1) is 5.69 Å². The summed E-state index contributed by atoms with van der Waals surface area (Å²) in [6.45, 7) is 3.88. The molecule has 23 heavy (non-hydrogen) atoms. The monoisotopic (exact) mass is 309 g/mol. The Hall–Kier alpha value is -2.43. The number of fused-ring (bicyclic) bond motifs is 1. The molecule has 0 aliphatic heterocycles. The Labute approximate surface area is 136 Å². The summed E-state index contributed by atoms with van der Waals surface area (Å²) in [4.78, 5) is 11.6. The van der Waals surface area contributed by atoms with Crippen LogP contribution in [0.3, 0.4) is 0 Å². The molecule has 2 heterocycles. The molecule has 0 radical (unpaired) electrons. The van der Waals surface area contributed by atoms with Gasteiger partial charge in [-0.25, -0.2) is 9.97 Å². The lowest BCUT2D eigenvalue weighted by Gasteiger charge is -2.23. The Balaban J connectivity index is 1.84. The first kappa shape index (κ1) is 15.5. The van der Waals surface area contributed by atoms with Gasteiger partial charge < -0.3 is 15.7 Å². The van der Waals surface area contributed by atoms with Gasteiger partial charge in [0.15, 0.2) is 0 Å². The maximum atomic E-state index is 7.76. The van der Waals surface area contributed by atoms with E-state index in [0.717, 1.165) is 28.7 Å². The zero-order valence-electron chi connectivity index (χ0n) is 13.3. The van der Waals surface area contributed by atoms with Gasteiger partial charge in [-0.1, -0.05) is 18.9 Å². The van der Waals surface area contributed by atoms with Crippen LogP contribution in [0.5, 0.6) is 0 Å². The highest BCUT2D eigenvalue weighted by molar-refractivity contribution is 6.11.